The number of alkyl carbamates (subject to hydrolysis) is 1. The molecule has 0 radical (unpaired) electrons. The van der Waals surface area contributed by atoms with Crippen molar-refractivity contribution in [3.63, 3.8) is 0 Å². The molecule has 9 nitrogen and oxygen atoms in total. The van der Waals surface area contributed by atoms with Gasteiger partial charge in [-0.25, -0.2) is 4.79 Å². The van der Waals surface area contributed by atoms with Crippen LogP contribution < -0.4 is 10.6 Å². The second-order valence-electron chi connectivity index (χ2n) is 8.49. The molecule has 2 aromatic carbocycles. The van der Waals surface area contributed by atoms with E-state index in [1.807, 2.05) is 24.3 Å². The summed E-state index contributed by atoms with van der Waals surface area (Å²) in [6.07, 6.45) is 0.401. The zero-order valence-electron chi connectivity index (χ0n) is 19.3. The highest BCUT2D eigenvalue weighted by Gasteiger charge is 2.29. The number of aromatic nitrogens is 1. The number of carboxylic acid groups (broad SMARTS) is 1. The van der Waals surface area contributed by atoms with Crippen molar-refractivity contribution >= 4 is 18.0 Å². The number of nitrogens with zero attached hydrogens (tertiary/aromatic N) is 1. The van der Waals surface area contributed by atoms with Crippen LogP contribution in [0.25, 0.3) is 11.1 Å². The fraction of sp³-hybridized carbons (Fsp3) is 0.308. The SMILES string of the molecule is CC(CCCNC(=O)c1cc(CNC(=O)OCC2c3ccccc3-c3ccccc32)on1)C(=O)O. The second-order valence-corrected chi connectivity index (χ2v) is 8.49. The lowest BCUT2D eigenvalue weighted by molar-refractivity contribution is -0.141. The molecular weight excluding hydrogens is 450 g/mol. The summed E-state index contributed by atoms with van der Waals surface area (Å²) < 4.78 is 10.6. The molecule has 2 amide bonds. The molecule has 0 aliphatic heterocycles. The topological polar surface area (TPSA) is 131 Å². The molecule has 35 heavy (non-hydrogen) atoms. The van der Waals surface area contributed by atoms with Crippen LogP contribution in [0.2, 0.25) is 0 Å². The maximum absolute atomic E-state index is 12.3. The van der Waals surface area contributed by atoms with Gasteiger partial charge in [0.1, 0.15) is 6.61 Å². The minimum Gasteiger partial charge on any atom is -0.481 e. The normalized spacial score (nSPS) is 12.9. The van der Waals surface area contributed by atoms with Crippen molar-refractivity contribution in [2.45, 2.75) is 32.2 Å². The molecule has 4 rings (SSSR count). The summed E-state index contributed by atoms with van der Waals surface area (Å²) in [7, 11) is 0. The first-order chi connectivity index (χ1) is 16.9. The molecule has 182 valence electrons. The number of benzene rings is 2. The Bertz CT molecular complexity index is 1180. The molecule has 9 heteroatoms. The van der Waals surface area contributed by atoms with Crippen molar-refractivity contribution in [3.05, 3.63) is 77.2 Å². The van der Waals surface area contributed by atoms with Crippen LogP contribution in [0.5, 0.6) is 0 Å². The van der Waals surface area contributed by atoms with Gasteiger partial charge in [-0.1, -0.05) is 60.6 Å². The number of fused-ring (bicyclic) bond motifs is 3. The Hall–Kier alpha value is -4.14. The number of rotatable bonds is 10. The standard InChI is InChI=1S/C26H27N3O6/c1-16(25(31)32)7-6-12-27-24(30)23-13-17(35-29-23)14-28-26(33)34-15-22-20-10-4-2-8-18(20)19-9-3-5-11-21(19)22/h2-5,8-11,13,16,22H,6-7,12,14-15H2,1H3,(H,27,30)(H,28,33)(H,31,32). The van der Waals surface area contributed by atoms with E-state index in [9.17, 15) is 14.4 Å². The third kappa shape index (κ3) is 5.68. The van der Waals surface area contributed by atoms with Crippen LogP contribution >= 0.6 is 0 Å². The Balaban J connectivity index is 1.23. The molecule has 1 unspecified atom stereocenters. The third-order valence-corrected chi connectivity index (χ3v) is 6.06. The van der Waals surface area contributed by atoms with Crippen LogP contribution in [0, 0.1) is 5.92 Å². The first kappa shape index (κ1) is 24.0. The smallest absolute Gasteiger partial charge is 0.407 e. The van der Waals surface area contributed by atoms with Crippen LogP contribution in [0.4, 0.5) is 4.79 Å². The van der Waals surface area contributed by atoms with Crippen molar-refractivity contribution in [2.75, 3.05) is 13.2 Å². The first-order valence-corrected chi connectivity index (χ1v) is 11.5. The van der Waals surface area contributed by atoms with E-state index in [-0.39, 0.29) is 24.8 Å². The summed E-state index contributed by atoms with van der Waals surface area (Å²) in [5.41, 5.74) is 4.65. The van der Waals surface area contributed by atoms with Gasteiger partial charge in [-0.3, -0.25) is 9.59 Å². The molecule has 0 saturated carbocycles. The van der Waals surface area contributed by atoms with Gasteiger partial charge in [0.25, 0.3) is 5.91 Å². The Morgan fingerprint density at radius 2 is 1.71 bits per heavy atom. The zero-order chi connectivity index (χ0) is 24.8. The molecule has 3 aromatic rings. The number of carbonyl (C=O) groups excluding carboxylic acids is 2. The first-order valence-electron chi connectivity index (χ1n) is 11.5. The van der Waals surface area contributed by atoms with Crippen LogP contribution in [0.1, 0.15) is 53.1 Å². The van der Waals surface area contributed by atoms with Gasteiger partial charge in [0.15, 0.2) is 11.5 Å². The van der Waals surface area contributed by atoms with E-state index in [4.69, 9.17) is 14.4 Å². The molecule has 0 saturated heterocycles. The predicted molar refractivity (Wildman–Crippen MR) is 127 cm³/mol. The number of carbonyl (C=O) groups is 3. The van der Waals surface area contributed by atoms with Gasteiger partial charge in [-0.2, -0.15) is 0 Å². The molecule has 1 atom stereocenters. The summed E-state index contributed by atoms with van der Waals surface area (Å²) in [6.45, 7) is 2.17. The van der Waals surface area contributed by atoms with Gasteiger partial charge in [-0.15, -0.1) is 0 Å². The average molecular weight is 478 g/mol. The van der Waals surface area contributed by atoms with Gasteiger partial charge in [-0.05, 0) is 35.1 Å². The number of hydrogen-bond donors (Lipinski definition) is 3. The minimum absolute atomic E-state index is 0.0209. The molecule has 1 aromatic heterocycles. The van der Waals surface area contributed by atoms with Gasteiger partial charge in [0, 0.05) is 18.5 Å². The van der Waals surface area contributed by atoms with Crippen LogP contribution in [0.15, 0.2) is 59.1 Å². The summed E-state index contributed by atoms with van der Waals surface area (Å²) in [5.74, 6) is -1.48. The van der Waals surface area contributed by atoms with Gasteiger partial charge >= 0.3 is 12.1 Å². The van der Waals surface area contributed by atoms with Crippen LogP contribution in [-0.2, 0) is 16.1 Å². The van der Waals surface area contributed by atoms with Crippen molar-refractivity contribution in [1.29, 1.82) is 0 Å². The summed E-state index contributed by atoms with van der Waals surface area (Å²) in [4.78, 5) is 35.3. The molecule has 0 fully saturated rings. The van der Waals surface area contributed by atoms with E-state index < -0.39 is 23.9 Å². The number of amides is 2. The fourth-order valence-corrected chi connectivity index (χ4v) is 4.14. The number of hydrogen-bond acceptors (Lipinski definition) is 6. The molecule has 0 bridgehead atoms. The molecule has 0 spiro atoms. The van der Waals surface area contributed by atoms with E-state index in [0.29, 0.717) is 25.1 Å². The maximum Gasteiger partial charge on any atom is 0.407 e. The van der Waals surface area contributed by atoms with Crippen molar-refractivity contribution < 1.29 is 28.8 Å². The minimum atomic E-state index is -0.860. The van der Waals surface area contributed by atoms with Gasteiger partial charge in [0.2, 0.25) is 0 Å². The molecule has 3 N–H and O–H groups in total. The number of ether oxygens (including phenoxy) is 1. The zero-order valence-corrected chi connectivity index (χ0v) is 19.3. The van der Waals surface area contributed by atoms with Crippen molar-refractivity contribution in [3.8, 4) is 11.1 Å². The Labute approximate surface area is 202 Å². The highest BCUT2D eigenvalue weighted by molar-refractivity contribution is 5.92. The maximum atomic E-state index is 12.3. The summed E-state index contributed by atoms with van der Waals surface area (Å²) >= 11 is 0. The highest BCUT2D eigenvalue weighted by atomic mass is 16.5. The Morgan fingerprint density at radius 3 is 2.37 bits per heavy atom. The lowest BCUT2D eigenvalue weighted by Gasteiger charge is -2.14. The monoisotopic (exact) mass is 477 g/mol. The third-order valence-electron chi connectivity index (χ3n) is 6.06. The van der Waals surface area contributed by atoms with Gasteiger partial charge in [0.05, 0.1) is 12.5 Å². The molecule has 1 heterocycles. The average Bonchev–Trinajstić information content (AvgIpc) is 3.47. The predicted octanol–water partition coefficient (Wildman–Crippen LogP) is 3.94. The fourth-order valence-electron chi connectivity index (χ4n) is 4.14. The van der Waals surface area contributed by atoms with E-state index in [0.717, 1.165) is 22.3 Å². The van der Waals surface area contributed by atoms with Crippen molar-refractivity contribution in [2.24, 2.45) is 5.92 Å². The second kappa shape index (κ2) is 10.9. The van der Waals surface area contributed by atoms with Crippen LogP contribution in [-0.4, -0.2) is 41.4 Å². The quantitative estimate of drug-likeness (QED) is 0.377. The Morgan fingerprint density at radius 1 is 1.06 bits per heavy atom. The molecular formula is C26H27N3O6. The number of nitrogens with one attached hydrogen (secondary N) is 2. The Kier molecular flexibility index (Phi) is 7.45. The highest BCUT2D eigenvalue weighted by Crippen LogP contribution is 2.44. The lowest BCUT2D eigenvalue weighted by atomic mass is 9.98. The van der Waals surface area contributed by atoms with E-state index in [2.05, 4.69) is 40.1 Å². The lowest BCUT2D eigenvalue weighted by Crippen LogP contribution is -2.26. The summed E-state index contributed by atoms with van der Waals surface area (Å²) in [6, 6.07) is 17.6. The van der Waals surface area contributed by atoms with E-state index in [1.54, 1.807) is 6.92 Å². The molecule has 1 aliphatic carbocycles. The van der Waals surface area contributed by atoms with E-state index >= 15 is 0 Å². The van der Waals surface area contributed by atoms with E-state index in [1.165, 1.54) is 6.07 Å². The molecule has 1 aliphatic rings. The van der Waals surface area contributed by atoms with Gasteiger partial charge < -0.3 is 25.0 Å². The number of aliphatic carboxylic acids is 1. The van der Waals surface area contributed by atoms with Crippen LogP contribution in [0.3, 0.4) is 0 Å². The van der Waals surface area contributed by atoms with Crippen molar-refractivity contribution in [1.82, 2.24) is 15.8 Å². The largest absolute Gasteiger partial charge is 0.481 e. The summed E-state index contributed by atoms with van der Waals surface area (Å²) in [5, 5.41) is 17.9. The number of carboxylic acids is 1.